The summed E-state index contributed by atoms with van der Waals surface area (Å²) in [6.45, 7) is 7.18. The van der Waals surface area contributed by atoms with Crippen molar-refractivity contribution in [3.05, 3.63) is 61.0 Å². The van der Waals surface area contributed by atoms with Gasteiger partial charge in [0.15, 0.2) is 11.8 Å². The zero-order chi connectivity index (χ0) is 17.8. The number of rotatable bonds is 8. The van der Waals surface area contributed by atoms with Crippen molar-refractivity contribution in [1.82, 2.24) is 21.3 Å². The number of fused-ring (bicyclic) bond motifs is 1. The van der Waals surface area contributed by atoms with Crippen LogP contribution in [0.2, 0.25) is 0 Å². The van der Waals surface area contributed by atoms with E-state index in [-0.39, 0.29) is 12.1 Å². The zero-order valence-corrected chi connectivity index (χ0v) is 13.8. The molecule has 1 aliphatic rings. The Morgan fingerprint density at radius 3 is 1.54 bits per heavy atom. The van der Waals surface area contributed by atoms with Crippen molar-refractivity contribution in [2.75, 3.05) is 0 Å². The van der Waals surface area contributed by atoms with Gasteiger partial charge in [-0.3, -0.25) is 33.6 Å². The second-order valence-corrected chi connectivity index (χ2v) is 6.04. The van der Waals surface area contributed by atoms with E-state index in [0.717, 1.165) is 24.0 Å². The van der Waals surface area contributed by atoms with E-state index in [1.807, 2.05) is 24.3 Å². The summed E-state index contributed by atoms with van der Waals surface area (Å²) in [6, 6.07) is 8.04. The fourth-order valence-corrected chi connectivity index (χ4v) is 3.09. The largest absolute Gasteiger partial charge is 0.350 e. The third-order valence-electron chi connectivity index (χ3n) is 4.00. The van der Waals surface area contributed by atoms with Crippen molar-refractivity contribution in [3.63, 3.8) is 0 Å². The van der Waals surface area contributed by atoms with Gasteiger partial charge in [0.1, 0.15) is 0 Å². The predicted molar refractivity (Wildman–Crippen MR) is 96.3 cm³/mol. The summed E-state index contributed by atoms with van der Waals surface area (Å²) in [7, 11) is 0. The highest BCUT2D eigenvalue weighted by atomic mass is 15.4. The van der Waals surface area contributed by atoms with Crippen molar-refractivity contribution >= 4 is 0 Å². The lowest BCUT2D eigenvalue weighted by Crippen LogP contribution is -2.71. The molecule has 0 heterocycles. The fourth-order valence-electron chi connectivity index (χ4n) is 3.09. The van der Waals surface area contributed by atoms with E-state index in [2.05, 4.69) is 34.4 Å². The van der Waals surface area contributed by atoms with Gasteiger partial charge in [-0.25, -0.2) is 0 Å². The zero-order valence-electron chi connectivity index (χ0n) is 13.8. The van der Waals surface area contributed by atoms with Crippen molar-refractivity contribution in [1.29, 1.82) is 0 Å². The summed E-state index contributed by atoms with van der Waals surface area (Å²) in [5.74, 6) is -2.48. The molecule has 0 saturated heterocycles. The molecule has 0 amide bonds. The Balaban J connectivity index is 2.21. The van der Waals surface area contributed by atoms with Crippen LogP contribution in [0.15, 0.2) is 49.8 Å². The van der Waals surface area contributed by atoms with Crippen molar-refractivity contribution < 1.29 is 0 Å². The average Bonchev–Trinajstić information content (AvgIpc) is 2.49. The minimum absolute atomic E-state index is 0.000914. The molecular weight excluding hydrogens is 304 g/mol. The Kier molecular flexibility index (Phi) is 5.60. The van der Waals surface area contributed by atoms with Gasteiger partial charge in [0.05, 0.1) is 0 Å². The summed E-state index contributed by atoms with van der Waals surface area (Å²) in [6.07, 6.45) is 4.55. The average molecular weight is 332 g/mol. The minimum Gasteiger partial charge on any atom is -0.350 e. The van der Waals surface area contributed by atoms with Gasteiger partial charge in [-0.1, -0.05) is 37.4 Å². The molecule has 2 unspecified atom stereocenters. The lowest BCUT2D eigenvalue weighted by Gasteiger charge is -2.39. The maximum atomic E-state index is 6.00. The first-order valence-electron chi connectivity index (χ1n) is 7.85. The van der Waals surface area contributed by atoms with E-state index < -0.39 is 11.8 Å². The maximum absolute atomic E-state index is 6.00. The first-order valence-corrected chi connectivity index (χ1v) is 7.85. The van der Waals surface area contributed by atoms with E-state index in [9.17, 15) is 0 Å². The second-order valence-electron chi connectivity index (χ2n) is 6.04. The maximum Gasteiger partial charge on any atom is 0.197 e. The lowest BCUT2D eigenvalue weighted by atomic mass is 9.84. The Bertz CT molecular complexity index is 532. The summed E-state index contributed by atoms with van der Waals surface area (Å²) >= 11 is 0. The third kappa shape index (κ3) is 4.54. The number of hydrogen-bond acceptors (Lipinski definition) is 8. The summed E-state index contributed by atoms with van der Waals surface area (Å²) in [5, 5.41) is 12.0. The molecule has 0 aromatic heterocycles. The fraction of sp³-hybridized carbons (Fsp3) is 0.375. The van der Waals surface area contributed by atoms with Crippen LogP contribution in [-0.2, 0) is 0 Å². The first kappa shape index (κ1) is 18.4. The van der Waals surface area contributed by atoms with E-state index in [4.69, 9.17) is 22.9 Å². The number of hydrogen-bond donors (Lipinski definition) is 8. The molecule has 2 rings (SSSR count). The molecule has 0 aliphatic heterocycles. The molecule has 1 aromatic rings. The van der Waals surface area contributed by atoms with Gasteiger partial charge >= 0.3 is 0 Å². The molecule has 0 spiro atoms. The van der Waals surface area contributed by atoms with Crippen molar-refractivity contribution in [2.24, 2.45) is 22.9 Å². The molecule has 0 bridgehead atoms. The smallest absolute Gasteiger partial charge is 0.197 e. The van der Waals surface area contributed by atoms with Gasteiger partial charge < -0.3 is 10.6 Å². The summed E-state index contributed by atoms with van der Waals surface area (Å²) < 4.78 is 0. The SMILES string of the molecule is C=CNC(N)(N)NC1CCC(NC(N)(N)NC=C)c2ccccc21. The van der Waals surface area contributed by atoms with Gasteiger partial charge in [-0.05, 0) is 36.4 Å². The first-order chi connectivity index (χ1) is 11.3. The lowest BCUT2D eigenvalue weighted by molar-refractivity contribution is 0.218. The Morgan fingerprint density at radius 1 is 0.833 bits per heavy atom. The molecule has 12 N–H and O–H groups in total. The molecule has 2 atom stereocenters. The molecule has 0 fully saturated rings. The van der Waals surface area contributed by atoms with Gasteiger partial charge in [0.2, 0.25) is 0 Å². The third-order valence-corrected chi connectivity index (χ3v) is 4.00. The highest BCUT2D eigenvalue weighted by Crippen LogP contribution is 2.36. The van der Waals surface area contributed by atoms with Gasteiger partial charge in [-0.15, -0.1) is 0 Å². The van der Waals surface area contributed by atoms with Crippen LogP contribution in [0.3, 0.4) is 0 Å². The normalized spacial score (nSPS) is 20.8. The highest BCUT2D eigenvalue weighted by molar-refractivity contribution is 5.35. The number of benzene rings is 1. The molecular formula is C16H28N8. The van der Waals surface area contributed by atoms with Crippen LogP contribution in [-0.4, -0.2) is 11.8 Å². The van der Waals surface area contributed by atoms with Crippen LogP contribution < -0.4 is 44.2 Å². The van der Waals surface area contributed by atoms with E-state index >= 15 is 0 Å². The summed E-state index contributed by atoms with van der Waals surface area (Å²) in [4.78, 5) is 0. The topological polar surface area (TPSA) is 152 Å². The van der Waals surface area contributed by atoms with E-state index in [0.29, 0.717) is 0 Å². The highest BCUT2D eigenvalue weighted by Gasteiger charge is 2.33. The Labute approximate surface area is 142 Å². The number of nitrogens with two attached hydrogens (primary N) is 4. The van der Waals surface area contributed by atoms with E-state index in [1.165, 1.54) is 12.4 Å². The molecule has 0 radical (unpaired) electrons. The van der Waals surface area contributed by atoms with Crippen LogP contribution in [0.5, 0.6) is 0 Å². The van der Waals surface area contributed by atoms with E-state index in [1.54, 1.807) is 0 Å². The summed E-state index contributed by atoms with van der Waals surface area (Å²) in [5.41, 5.74) is 26.2. The second kappa shape index (κ2) is 7.31. The van der Waals surface area contributed by atoms with Gasteiger partial charge in [0.25, 0.3) is 0 Å². The molecule has 0 saturated carbocycles. The number of nitrogens with one attached hydrogen (secondary N) is 4. The van der Waals surface area contributed by atoms with Crippen LogP contribution in [0.4, 0.5) is 0 Å². The van der Waals surface area contributed by atoms with Crippen molar-refractivity contribution in [2.45, 2.75) is 36.7 Å². The van der Waals surface area contributed by atoms with Crippen LogP contribution in [0.1, 0.15) is 36.1 Å². The quantitative estimate of drug-likeness (QED) is 0.290. The Hall–Kier alpha value is -1.94. The molecule has 1 aromatic carbocycles. The van der Waals surface area contributed by atoms with Crippen molar-refractivity contribution in [3.8, 4) is 0 Å². The van der Waals surface area contributed by atoms with Crippen LogP contribution in [0.25, 0.3) is 0 Å². The Morgan fingerprint density at radius 2 is 1.21 bits per heavy atom. The predicted octanol–water partition coefficient (Wildman–Crippen LogP) is -0.735. The monoisotopic (exact) mass is 332 g/mol. The van der Waals surface area contributed by atoms with Crippen LogP contribution >= 0.6 is 0 Å². The molecule has 8 heteroatoms. The minimum atomic E-state index is -1.24. The molecule has 24 heavy (non-hydrogen) atoms. The standard InChI is InChI=1S/C16H28N8/c1-3-21-15(17,18)23-13-9-10-14(24-16(19,20)22-4-2)12-8-6-5-7-11(12)13/h3-8,13-14,21-24H,1-2,9-10,17-20H2. The van der Waals surface area contributed by atoms with Crippen LogP contribution in [0, 0.1) is 0 Å². The molecule has 1 aliphatic carbocycles. The molecule has 8 nitrogen and oxygen atoms in total. The van der Waals surface area contributed by atoms with Gasteiger partial charge in [-0.2, -0.15) is 0 Å². The van der Waals surface area contributed by atoms with Gasteiger partial charge in [0, 0.05) is 12.1 Å². The molecule has 132 valence electrons.